The highest BCUT2D eigenvalue weighted by Crippen LogP contribution is 2.35. The zero-order chi connectivity index (χ0) is 18.1. The van der Waals surface area contributed by atoms with Gasteiger partial charge in [0.1, 0.15) is 0 Å². The van der Waals surface area contributed by atoms with Crippen LogP contribution in [0.1, 0.15) is 43.2 Å². The highest BCUT2D eigenvalue weighted by Gasteiger charge is 2.37. The molecule has 2 aromatic rings. The summed E-state index contributed by atoms with van der Waals surface area (Å²) in [5, 5.41) is 0. The predicted molar refractivity (Wildman–Crippen MR) is 110 cm³/mol. The van der Waals surface area contributed by atoms with E-state index in [4.69, 9.17) is 4.74 Å². The van der Waals surface area contributed by atoms with Crippen LogP contribution in [0.15, 0.2) is 60.7 Å². The maximum absolute atomic E-state index is 5.80. The van der Waals surface area contributed by atoms with E-state index in [-0.39, 0.29) is 0 Å². The summed E-state index contributed by atoms with van der Waals surface area (Å²) in [4.78, 5) is 2.40. The van der Waals surface area contributed by atoms with E-state index >= 15 is 0 Å². The molecule has 0 amide bonds. The van der Waals surface area contributed by atoms with Gasteiger partial charge in [-0.3, -0.25) is 0 Å². The van der Waals surface area contributed by atoms with Gasteiger partial charge in [-0.15, -0.1) is 0 Å². The monoisotopic (exact) mass is 351 g/mol. The molecule has 0 radical (unpaired) electrons. The molecule has 1 aliphatic carbocycles. The van der Waals surface area contributed by atoms with Gasteiger partial charge in [-0.05, 0) is 63.1 Å². The maximum atomic E-state index is 5.80. The van der Waals surface area contributed by atoms with Crippen LogP contribution < -0.4 is 0 Å². The fourth-order valence-electron chi connectivity index (χ4n) is 4.08. The van der Waals surface area contributed by atoms with Gasteiger partial charge in [0.05, 0.1) is 5.60 Å². The molecule has 1 spiro atoms. The molecule has 3 aliphatic rings. The molecule has 0 N–H and O–H groups in total. The molecule has 0 aromatic heterocycles. The van der Waals surface area contributed by atoms with Crippen LogP contribution in [0.25, 0.3) is 0 Å². The van der Waals surface area contributed by atoms with Gasteiger partial charge >= 0.3 is 0 Å². The number of piperidine rings is 1. The third kappa shape index (κ3) is 5.69. The molecule has 0 atom stereocenters. The van der Waals surface area contributed by atoms with Crippen molar-refractivity contribution in [2.75, 3.05) is 26.7 Å². The normalized spacial score (nSPS) is 20.5. The topological polar surface area (TPSA) is 12.5 Å². The van der Waals surface area contributed by atoms with E-state index in [1.54, 1.807) is 11.1 Å². The smallest absolute Gasteiger partial charge is 0.0707 e. The standard InChI is InChI=1S/C9H17NO.C9H10.C6H6/c1-10-6-4-9(5-7-10)3-2-8-11-9;1-2-5-9-7-3-6-8(9)4-1;1-2-4-6-5-3-1/h2-8H2,1H3;1-2,4-5H,3,6-7H2;1-6H. The highest BCUT2D eigenvalue weighted by molar-refractivity contribution is 5.30. The number of rotatable bonds is 0. The molecule has 140 valence electrons. The van der Waals surface area contributed by atoms with Gasteiger partial charge in [-0.2, -0.15) is 0 Å². The Morgan fingerprint density at radius 1 is 0.731 bits per heavy atom. The Morgan fingerprint density at radius 3 is 1.73 bits per heavy atom. The molecular formula is C24H33NO. The fraction of sp³-hybridized carbons (Fsp3) is 0.500. The Hall–Kier alpha value is -1.64. The van der Waals surface area contributed by atoms with Crippen LogP contribution in [-0.2, 0) is 17.6 Å². The summed E-state index contributed by atoms with van der Waals surface area (Å²) in [5.41, 5.74) is 3.45. The Morgan fingerprint density at radius 2 is 1.27 bits per heavy atom. The summed E-state index contributed by atoms with van der Waals surface area (Å²) in [6.07, 6.45) is 9.06. The average Bonchev–Trinajstić information content (AvgIpc) is 3.37. The van der Waals surface area contributed by atoms with Crippen molar-refractivity contribution >= 4 is 0 Å². The van der Waals surface area contributed by atoms with Crippen LogP contribution >= 0.6 is 0 Å². The molecule has 2 nitrogen and oxygen atoms in total. The van der Waals surface area contributed by atoms with Gasteiger partial charge in [0, 0.05) is 19.7 Å². The van der Waals surface area contributed by atoms with Crippen LogP contribution in [0.5, 0.6) is 0 Å². The second-order valence-electron chi connectivity index (χ2n) is 7.72. The lowest BCUT2D eigenvalue weighted by Gasteiger charge is -2.36. The second kappa shape index (κ2) is 9.89. The summed E-state index contributed by atoms with van der Waals surface area (Å²) in [6, 6.07) is 20.7. The van der Waals surface area contributed by atoms with E-state index in [9.17, 15) is 0 Å². The van der Waals surface area contributed by atoms with E-state index in [1.165, 1.54) is 58.0 Å². The van der Waals surface area contributed by atoms with Crippen molar-refractivity contribution in [1.29, 1.82) is 0 Å². The van der Waals surface area contributed by atoms with Crippen molar-refractivity contribution in [3.63, 3.8) is 0 Å². The lowest BCUT2D eigenvalue weighted by Crippen LogP contribution is -2.42. The summed E-state index contributed by atoms with van der Waals surface area (Å²) < 4.78 is 5.80. The van der Waals surface area contributed by atoms with Gasteiger partial charge < -0.3 is 9.64 Å². The minimum Gasteiger partial charge on any atom is -0.375 e. The van der Waals surface area contributed by atoms with Gasteiger partial charge in [-0.1, -0.05) is 60.7 Å². The van der Waals surface area contributed by atoms with Crippen LogP contribution in [0, 0.1) is 0 Å². The zero-order valence-electron chi connectivity index (χ0n) is 16.2. The van der Waals surface area contributed by atoms with Crippen LogP contribution in [0.3, 0.4) is 0 Å². The number of ether oxygens (including phenoxy) is 1. The molecule has 2 heterocycles. The van der Waals surface area contributed by atoms with Crippen molar-refractivity contribution < 1.29 is 4.74 Å². The second-order valence-corrected chi connectivity index (χ2v) is 7.72. The average molecular weight is 352 g/mol. The molecule has 2 heteroatoms. The fourth-order valence-corrected chi connectivity index (χ4v) is 4.08. The molecule has 2 aliphatic heterocycles. The summed E-state index contributed by atoms with van der Waals surface area (Å²) >= 11 is 0. The molecule has 2 fully saturated rings. The minimum absolute atomic E-state index is 0.312. The number of aryl methyl sites for hydroxylation is 2. The number of nitrogens with zero attached hydrogens (tertiary/aromatic N) is 1. The van der Waals surface area contributed by atoms with E-state index in [1.807, 2.05) is 36.4 Å². The predicted octanol–water partition coefficient (Wildman–Crippen LogP) is 5.12. The number of benzene rings is 2. The largest absolute Gasteiger partial charge is 0.375 e. The van der Waals surface area contributed by atoms with Crippen molar-refractivity contribution in [2.24, 2.45) is 0 Å². The Balaban J connectivity index is 0.000000118. The molecule has 0 bridgehead atoms. The summed E-state index contributed by atoms with van der Waals surface area (Å²) in [5.74, 6) is 0. The van der Waals surface area contributed by atoms with E-state index in [2.05, 4.69) is 36.2 Å². The Bertz CT molecular complexity index is 574. The molecule has 2 saturated heterocycles. The molecule has 0 unspecified atom stereocenters. The SMILES string of the molecule is CN1CCC2(CCCO2)CC1.c1ccc2c(c1)CCC2.c1ccccc1. The van der Waals surface area contributed by atoms with Gasteiger partial charge in [-0.25, -0.2) is 0 Å². The van der Waals surface area contributed by atoms with Crippen molar-refractivity contribution in [3.8, 4) is 0 Å². The summed E-state index contributed by atoms with van der Waals surface area (Å²) in [7, 11) is 2.20. The first-order valence-electron chi connectivity index (χ1n) is 10.2. The van der Waals surface area contributed by atoms with Crippen molar-refractivity contribution in [3.05, 3.63) is 71.8 Å². The van der Waals surface area contributed by atoms with Crippen LogP contribution in [0.2, 0.25) is 0 Å². The molecule has 2 aromatic carbocycles. The number of hydrogen-bond acceptors (Lipinski definition) is 2. The third-order valence-electron chi connectivity index (χ3n) is 5.76. The van der Waals surface area contributed by atoms with Crippen molar-refractivity contribution in [2.45, 2.75) is 50.5 Å². The van der Waals surface area contributed by atoms with E-state index in [0.717, 1.165) is 6.61 Å². The lowest BCUT2D eigenvalue weighted by molar-refractivity contribution is -0.0390. The highest BCUT2D eigenvalue weighted by atomic mass is 16.5. The van der Waals surface area contributed by atoms with Gasteiger partial charge in [0.2, 0.25) is 0 Å². The number of hydrogen-bond donors (Lipinski definition) is 0. The van der Waals surface area contributed by atoms with E-state index in [0.29, 0.717) is 5.60 Å². The quantitative estimate of drug-likeness (QED) is 0.653. The van der Waals surface area contributed by atoms with Crippen molar-refractivity contribution in [1.82, 2.24) is 4.90 Å². The number of fused-ring (bicyclic) bond motifs is 1. The Kier molecular flexibility index (Phi) is 7.28. The molecule has 5 rings (SSSR count). The van der Waals surface area contributed by atoms with Crippen LogP contribution in [-0.4, -0.2) is 37.2 Å². The van der Waals surface area contributed by atoms with Gasteiger partial charge in [0.25, 0.3) is 0 Å². The number of likely N-dealkylation sites (tertiary alicyclic amines) is 1. The zero-order valence-corrected chi connectivity index (χ0v) is 16.2. The Labute approximate surface area is 159 Å². The van der Waals surface area contributed by atoms with Crippen LogP contribution in [0.4, 0.5) is 0 Å². The molecule has 26 heavy (non-hydrogen) atoms. The third-order valence-corrected chi connectivity index (χ3v) is 5.76. The van der Waals surface area contributed by atoms with E-state index < -0.39 is 0 Å². The first-order valence-corrected chi connectivity index (χ1v) is 10.2. The minimum atomic E-state index is 0.312. The molecule has 0 saturated carbocycles. The van der Waals surface area contributed by atoms with Gasteiger partial charge in [0.15, 0.2) is 0 Å². The first kappa shape index (κ1) is 19.1. The first-order chi connectivity index (χ1) is 12.8. The summed E-state index contributed by atoms with van der Waals surface area (Å²) in [6.45, 7) is 3.45. The lowest BCUT2D eigenvalue weighted by atomic mass is 9.89. The maximum Gasteiger partial charge on any atom is 0.0707 e. The molecular weight excluding hydrogens is 318 g/mol.